The second-order valence-corrected chi connectivity index (χ2v) is 25.3. The molecule has 0 spiro atoms. The van der Waals surface area contributed by atoms with Gasteiger partial charge in [0.2, 0.25) is 0 Å². The average Bonchev–Trinajstić information content (AvgIpc) is 1.20. The van der Waals surface area contributed by atoms with Gasteiger partial charge in [-0.25, -0.2) is 14.0 Å². The number of hydrogen-bond acceptors (Lipinski definition) is 18. The number of hydrogen-bond donors (Lipinski definition) is 3. The van der Waals surface area contributed by atoms with Crippen LogP contribution in [0.25, 0.3) is 99.2 Å². The van der Waals surface area contributed by atoms with Gasteiger partial charge in [0.05, 0.1) is 85.9 Å². The molecule has 3 N–H and O–H groups in total. The summed E-state index contributed by atoms with van der Waals surface area (Å²) in [6.45, 7) is 0. The van der Waals surface area contributed by atoms with Crippen LogP contribution in [0.3, 0.4) is 0 Å². The molecule has 12 aromatic heterocycles. The third kappa shape index (κ3) is 12.3. The molecule has 0 saturated carbocycles. The molecule has 18 rings (SSSR count). The molecule has 0 radical (unpaired) electrons. The van der Waals surface area contributed by atoms with Crippen molar-refractivity contribution in [3.8, 4) is 33.4 Å². The van der Waals surface area contributed by atoms with Gasteiger partial charge in [-0.15, -0.1) is 15.3 Å². The van der Waals surface area contributed by atoms with E-state index in [1.54, 1.807) is 83.9 Å². The smallest absolute Gasteiger partial charge is 0.114 e. The molecule has 6 aromatic carbocycles. The molecule has 0 bridgehead atoms. The summed E-state index contributed by atoms with van der Waals surface area (Å²) in [4.78, 5) is 27.8. The van der Waals surface area contributed by atoms with Gasteiger partial charge in [-0.2, -0.15) is 15.3 Å². The second kappa shape index (κ2) is 26.3. The Hall–Kier alpha value is -13.6. The van der Waals surface area contributed by atoms with Gasteiger partial charge in [0.1, 0.15) is 18.1 Å². The molecule has 0 saturated heterocycles. The first-order valence-corrected chi connectivity index (χ1v) is 32.9. The average molecular weight is 1350 g/mol. The van der Waals surface area contributed by atoms with Gasteiger partial charge >= 0.3 is 0 Å². The summed E-state index contributed by atoms with van der Waals surface area (Å²) in [6, 6.07) is 43.5. The minimum Gasteiger partial charge on any atom is -0.371 e. The number of aryl methyl sites for hydroxylation is 9. The monoisotopic (exact) mass is 1350 g/mol. The van der Waals surface area contributed by atoms with Crippen molar-refractivity contribution in [1.82, 2.24) is 118 Å². The van der Waals surface area contributed by atoms with Crippen molar-refractivity contribution >= 4 is 82.9 Å². The van der Waals surface area contributed by atoms with Crippen molar-refractivity contribution in [3.05, 3.63) is 255 Å². The number of anilines is 3. The molecule has 504 valence electrons. The van der Waals surface area contributed by atoms with Crippen molar-refractivity contribution < 1.29 is 0 Å². The molecule has 0 fully saturated rings. The van der Waals surface area contributed by atoms with Crippen molar-refractivity contribution in [2.45, 2.75) is 18.1 Å². The van der Waals surface area contributed by atoms with Crippen molar-refractivity contribution in [1.29, 1.82) is 0 Å². The topological polar surface area (TPSA) is 274 Å². The van der Waals surface area contributed by atoms with Crippen LogP contribution in [0.15, 0.2) is 220 Å². The van der Waals surface area contributed by atoms with Gasteiger partial charge in [-0.3, -0.25) is 43.9 Å². The maximum absolute atomic E-state index is 4.66. The van der Waals surface area contributed by atoms with Crippen LogP contribution in [0.2, 0.25) is 0 Å². The van der Waals surface area contributed by atoms with Gasteiger partial charge in [-0.1, -0.05) is 52.0 Å². The lowest BCUT2D eigenvalue weighted by Crippen LogP contribution is -2.17. The Morgan fingerprint density at radius 3 is 0.863 bits per heavy atom. The molecule has 0 aliphatic carbocycles. The van der Waals surface area contributed by atoms with Gasteiger partial charge in [-0.05, 0) is 124 Å². The number of fused-ring (bicyclic) bond motifs is 6. The summed E-state index contributed by atoms with van der Waals surface area (Å²) >= 11 is 0. The minimum absolute atomic E-state index is 0.237. The van der Waals surface area contributed by atoms with Crippen LogP contribution in [0.4, 0.5) is 17.1 Å². The van der Waals surface area contributed by atoms with Crippen LogP contribution in [0.5, 0.6) is 0 Å². The third-order valence-corrected chi connectivity index (χ3v) is 18.5. The molecule has 0 amide bonds. The molecular formula is C75H69N27. The minimum atomic E-state index is -0.237. The molecule has 12 heterocycles. The summed E-state index contributed by atoms with van der Waals surface area (Å²) in [5.74, 6) is 0. The Kier molecular flexibility index (Phi) is 16.3. The van der Waals surface area contributed by atoms with Gasteiger partial charge in [0.25, 0.3) is 0 Å². The third-order valence-electron chi connectivity index (χ3n) is 18.5. The van der Waals surface area contributed by atoms with Crippen molar-refractivity contribution in [2.75, 3.05) is 16.0 Å². The Labute approximate surface area is 583 Å². The van der Waals surface area contributed by atoms with E-state index in [4.69, 9.17) is 0 Å². The molecule has 3 atom stereocenters. The highest BCUT2D eigenvalue weighted by Crippen LogP contribution is 2.39. The first-order chi connectivity index (χ1) is 49.7. The summed E-state index contributed by atoms with van der Waals surface area (Å²) in [5.41, 5.74) is 22.9. The lowest BCUT2D eigenvalue weighted by atomic mass is 10.0. The Morgan fingerprint density at radius 1 is 0.304 bits per heavy atom. The summed E-state index contributed by atoms with van der Waals surface area (Å²) < 4.78 is 17.0. The molecule has 0 aliphatic rings. The lowest BCUT2D eigenvalue weighted by molar-refractivity contribution is 0.648. The van der Waals surface area contributed by atoms with Crippen molar-refractivity contribution in [3.63, 3.8) is 0 Å². The number of nitrogens with zero attached hydrogens (tertiary/aromatic N) is 24. The van der Waals surface area contributed by atoms with E-state index in [1.165, 1.54) is 32.7 Å². The van der Waals surface area contributed by atoms with E-state index in [0.29, 0.717) is 0 Å². The fraction of sp³-hybridized carbons (Fsp3) is 0.160. The van der Waals surface area contributed by atoms with Crippen LogP contribution in [0, 0.1) is 0 Å². The van der Waals surface area contributed by atoms with E-state index < -0.39 is 0 Å². The van der Waals surface area contributed by atoms with E-state index in [0.717, 1.165) is 118 Å². The van der Waals surface area contributed by atoms with E-state index in [-0.39, 0.29) is 18.1 Å². The molecular weight excluding hydrogens is 1280 g/mol. The number of rotatable bonds is 15. The zero-order chi connectivity index (χ0) is 69.7. The Balaban J connectivity index is 0.000000118. The van der Waals surface area contributed by atoms with E-state index in [1.807, 2.05) is 97.3 Å². The molecule has 2 unspecified atom stereocenters. The van der Waals surface area contributed by atoms with Crippen LogP contribution in [-0.4, -0.2) is 118 Å². The maximum Gasteiger partial charge on any atom is 0.114 e. The molecule has 27 heteroatoms. The SMILES string of the molecule is Cn1ccc(C(Nc2cc(-c3ccc4ccn(C)c4c3)c3nccnc3c2)c2cnnn2C)n1.Cn1ccc(C(Nc2cc(-c3ccc4ccn(C)c4c3)c3nccnc3c2)c2cnnn2C)n1.Cn1ccc([C@@H](Nc2cc(-c3ccc4ccn(C)c4c3)c3nccnc3c2)c2cnnn2C)n1. The maximum atomic E-state index is 4.66. The standard InChI is InChI=1S/3C25H23N9/c3*1-32-10-6-16-4-5-17(12-22(16)32)19-13-18(14-21-24(19)27-9-8-26-21)29-25(20-7-11-33(2)30-20)23-15-28-31-34(23)3/h3*4-15,25,29H,1-3H3/t25-;;/m1../s1. The van der Waals surface area contributed by atoms with Crippen LogP contribution < -0.4 is 16.0 Å². The Bertz CT molecular complexity index is 5500. The van der Waals surface area contributed by atoms with E-state index >= 15 is 0 Å². The molecule has 0 aliphatic heterocycles. The second-order valence-electron chi connectivity index (χ2n) is 25.3. The fourth-order valence-corrected chi connectivity index (χ4v) is 13.3. The highest BCUT2D eigenvalue weighted by molar-refractivity contribution is 6.00. The zero-order valence-electron chi connectivity index (χ0n) is 57.2. The normalized spacial score (nSPS) is 12.4. The molecule has 102 heavy (non-hydrogen) atoms. The zero-order valence-corrected chi connectivity index (χ0v) is 57.2. The number of aromatic nitrogens is 24. The molecule has 27 nitrogen and oxygen atoms in total. The highest BCUT2D eigenvalue weighted by atomic mass is 15.4. The van der Waals surface area contributed by atoms with E-state index in [9.17, 15) is 0 Å². The predicted molar refractivity (Wildman–Crippen MR) is 393 cm³/mol. The van der Waals surface area contributed by atoms with Gasteiger partial charge in [0, 0.05) is 188 Å². The van der Waals surface area contributed by atoms with E-state index in [2.05, 4.69) is 237 Å². The Morgan fingerprint density at radius 2 is 0.598 bits per heavy atom. The largest absolute Gasteiger partial charge is 0.371 e. The lowest BCUT2D eigenvalue weighted by Gasteiger charge is -2.19. The summed E-state index contributed by atoms with van der Waals surface area (Å²) in [6.07, 6.45) is 27.7. The van der Waals surface area contributed by atoms with Gasteiger partial charge in [0.15, 0.2) is 0 Å². The van der Waals surface area contributed by atoms with Crippen LogP contribution in [0.1, 0.15) is 52.3 Å². The van der Waals surface area contributed by atoms with Crippen LogP contribution >= 0.6 is 0 Å². The number of nitrogens with one attached hydrogen (secondary N) is 3. The van der Waals surface area contributed by atoms with Crippen LogP contribution in [-0.2, 0) is 63.4 Å². The summed E-state index contributed by atoms with van der Waals surface area (Å²) in [5, 5.41) is 53.1. The van der Waals surface area contributed by atoms with Crippen molar-refractivity contribution in [2.24, 2.45) is 63.4 Å². The summed E-state index contributed by atoms with van der Waals surface area (Å²) in [7, 11) is 17.5. The molecule has 18 aromatic rings. The highest BCUT2D eigenvalue weighted by Gasteiger charge is 2.26. The number of benzene rings is 6. The first kappa shape index (κ1) is 63.2. The first-order valence-electron chi connectivity index (χ1n) is 32.9. The fourth-order valence-electron chi connectivity index (χ4n) is 13.3. The van der Waals surface area contributed by atoms with Gasteiger partial charge < -0.3 is 29.7 Å². The quantitative estimate of drug-likeness (QED) is 0.0860. The predicted octanol–water partition coefficient (Wildman–Crippen LogP) is 11.6.